The Bertz CT molecular complexity index is 471. The van der Waals surface area contributed by atoms with Gasteiger partial charge in [0.25, 0.3) is 6.43 Å². The van der Waals surface area contributed by atoms with Crippen molar-refractivity contribution in [2.75, 3.05) is 7.11 Å². The molecule has 0 saturated carbocycles. The van der Waals surface area contributed by atoms with Crippen molar-refractivity contribution >= 4 is 5.97 Å². The van der Waals surface area contributed by atoms with Gasteiger partial charge in [0.05, 0.1) is 23.8 Å². The van der Waals surface area contributed by atoms with E-state index in [1.807, 2.05) is 0 Å². The maximum atomic E-state index is 13.0. The molecular weight excluding hydrogens is 268 g/mol. The fraction of sp³-hybridized carbons (Fsp3) is 0.333. The molecule has 0 fully saturated rings. The van der Waals surface area contributed by atoms with Crippen LogP contribution in [0.1, 0.15) is 27.9 Å². The summed E-state index contributed by atoms with van der Waals surface area (Å²) in [6, 6.07) is 0. The van der Waals surface area contributed by atoms with Gasteiger partial charge in [-0.3, -0.25) is 0 Å². The lowest BCUT2D eigenvalue weighted by atomic mass is 10.0. The molecule has 0 amide bonds. The lowest BCUT2D eigenvalue weighted by Gasteiger charge is -2.14. The third-order valence-electron chi connectivity index (χ3n) is 1.98. The van der Waals surface area contributed by atoms with E-state index in [1.54, 1.807) is 0 Å². The highest BCUT2D eigenvalue weighted by molar-refractivity contribution is 5.93. The molecule has 1 aromatic heterocycles. The van der Waals surface area contributed by atoms with Gasteiger partial charge in [0.15, 0.2) is 0 Å². The van der Waals surface area contributed by atoms with Crippen LogP contribution in [0.2, 0.25) is 0 Å². The number of carbonyl (C=O) groups is 1. The highest BCUT2D eigenvalue weighted by Crippen LogP contribution is 2.36. The summed E-state index contributed by atoms with van der Waals surface area (Å²) in [5.74, 6) is -3.56. The van der Waals surface area contributed by atoms with Gasteiger partial charge in [-0.25, -0.2) is 18.6 Å². The summed E-state index contributed by atoms with van der Waals surface area (Å²) in [6.45, 7) is 0. The van der Waals surface area contributed by atoms with Gasteiger partial charge in [0, 0.05) is 6.20 Å². The minimum absolute atomic E-state index is 0.0343. The monoisotopic (exact) mass is 273 g/mol. The molecule has 1 aromatic rings. The largest absolute Gasteiger partial charge is 0.465 e. The molecule has 3 nitrogen and oxygen atoms in total. The Balaban J connectivity index is 3.65. The molecule has 18 heavy (non-hydrogen) atoms. The fourth-order valence-corrected chi connectivity index (χ4v) is 1.24. The lowest BCUT2D eigenvalue weighted by Crippen LogP contribution is -2.19. The van der Waals surface area contributed by atoms with Crippen LogP contribution >= 0.6 is 0 Å². The van der Waals surface area contributed by atoms with Crippen molar-refractivity contribution in [2.24, 2.45) is 0 Å². The van der Waals surface area contributed by atoms with E-state index in [4.69, 9.17) is 0 Å². The summed E-state index contributed by atoms with van der Waals surface area (Å²) < 4.78 is 79.5. The molecule has 100 valence electrons. The summed E-state index contributed by atoms with van der Waals surface area (Å²) in [6.07, 6.45) is -8.80. The van der Waals surface area contributed by atoms with E-state index >= 15 is 0 Å². The molecule has 0 N–H and O–H groups in total. The Labute approximate surface area is 96.4 Å². The number of aromatic nitrogens is 1. The predicted octanol–water partition coefficient (Wildman–Crippen LogP) is 2.96. The number of pyridine rings is 1. The first-order chi connectivity index (χ1) is 8.20. The third-order valence-corrected chi connectivity index (χ3v) is 1.98. The van der Waals surface area contributed by atoms with Crippen molar-refractivity contribution < 1.29 is 35.9 Å². The van der Waals surface area contributed by atoms with Crippen LogP contribution in [0.3, 0.4) is 0 Å². The number of esters is 1. The minimum Gasteiger partial charge on any atom is -0.465 e. The van der Waals surface area contributed by atoms with Crippen LogP contribution in [0.5, 0.6) is 0 Å². The van der Waals surface area contributed by atoms with Gasteiger partial charge in [-0.2, -0.15) is 17.6 Å². The van der Waals surface area contributed by atoms with Crippen molar-refractivity contribution in [2.45, 2.75) is 12.6 Å². The zero-order valence-electron chi connectivity index (χ0n) is 8.69. The molecule has 9 heteroatoms. The first-order valence-electron chi connectivity index (χ1n) is 4.32. The average molecular weight is 273 g/mol. The molecule has 0 aliphatic carbocycles. The first kappa shape index (κ1) is 14.3. The second kappa shape index (κ2) is 4.83. The highest BCUT2D eigenvalue weighted by Gasteiger charge is 2.40. The Morgan fingerprint density at radius 1 is 1.39 bits per heavy atom. The molecule has 0 bridgehead atoms. The van der Waals surface area contributed by atoms with E-state index in [1.165, 1.54) is 0 Å². The number of halogens is 6. The standard InChI is InChI=1S/C9H5F6NO2/c1-18-8(17)4-3(9(13,14)15)2-16-7(12)5(4)6(10)11/h2,6H,1H3. The van der Waals surface area contributed by atoms with Crippen LogP contribution in [-0.2, 0) is 10.9 Å². The molecular formula is C9H5F6NO2. The summed E-state index contributed by atoms with van der Waals surface area (Å²) in [4.78, 5) is 13.7. The molecule has 0 saturated heterocycles. The van der Waals surface area contributed by atoms with Crippen molar-refractivity contribution in [1.82, 2.24) is 4.98 Å². The molecule has 1 heterocycles. The topological polar surface area (TPSA) is 39.2 Å². The molecule has 0 aromatic carbocycles. The highest BCUT2D eigenvalue weighted by atomic mass is 19.4. The van der Waals surface area contributed by atoms with E-state index in [-0.39, 0.29) is 6.20 Å². The fourth-order valence-electron chi connectivity index (χ4n) is 1.24. The molecule has 0 aliphatic rings. The maximum Gasteiger partial charge on any atom is 0.418 e. The quantitative estimate of drug-likeness (QED) is 0.472. The second-order valence-electron chi connectivity index (χ2n) is 3.04. The van der Waals surface area contributed by atoms with Gasteiger partial charge < -0.3 is 4.74 Å². The molecule has 0 unspecified atom stereocenters. The van der Waals surface area contributed by atoms with Crippen LogP contribution in [-0.4, -0.2) is 18.1 Å². The van der Waals surface area contributed by atoms with Gasteiger partial charge in [-0.1, -0.05) is 0 Å². The van der Waals surface area contributed by atoms with Crippen molar-refractivity contribution in [3.05, 3.63) is 28.8 Å². The van der Waals surface area contributed by atoms with E-state index in [0.717, 1.165) is 0 Å². The number of hydrogen-bond acceptors (Lipinski definition) is 3. The number of alkyl halides is 5. The van der Waals surface area contributed by atoms with Crippen molar-refractivity contribution in [1.29, 1.82) is 0 Å². The predicted molar refractivity (Wildman–Crippen MR) is 45.5 cm³/mol. The van der Waals surface area contributed by atoms with Crippen LogP contribution in [0.4, 0.5) is 26.3 Å². The molecule has 0 atom stereocenters. The number of hydrogen-bond donors (Lipinski definition) is 0. The smallest absolute Gasteiger partial charge is 0.418 e. The first-order valence-corrected chi connectivity index (χ1v) is 4.32. The molecule has 0 spiro atoms. The number of methoxy groups -OCH3 is 1. The van der Waals surface area contributed by atoms with Gasteiger partial charge >= 0.3 is 12.1 Å². The minimum atomic E-state index is -5.13. The van der Waals surface area contributed by atoms with E-state index < -0.39 is 41.2 Å². The van der Waals surface area contributed by atoms with E-state index in [9.17, 15) is 31.1 Å². The Kier molecular flexibility index (Phi) is 3.82. The molecule has 0 radical (unpaired) electrons. The van der Waals surface area contributed by atoms with Crippen LogP contribution in [0.15, 0.2) is 6.20 Å². The summed E-state index contributed by atoms with van der Waals surface area (Å²) in [7, 11) is 0.691. The maximum absolute atomic E-state index is 13.0. The van der Waals surface area contributed by atoms with Crippen LogP contribution in [0, 0.1) is 5.95 Å². The van der Waals surface area contributed by atoms with Gasteiger partial charge in [-0.05, 0) is 0 Å². The van der Waals surface area contributed by atoms with E-state index in [2.05, 4.69) is 9.72 Å². The molecule has 0 aliphatic heterocycles. The Hall–Kier alpha value is -1.80. The lowest BCUT2D eigenvalue weighted by molar-refractivity contribution is -0.138. The Morgan fingerprint density at radius 3 is 2.33 bits per heavy atom. The summed E-state index contributed by atoms with van der Waals surface area (Å²) in [5.41, 5.74) is -5.06. The third kappa shape index (κ3) is 2.54. The zero-order valence-corrected chi connectivity index (χ0v) is 8.69. The molecule has 1 rings (SSSR count). The normalized spacial score (nSPS) is 11.8. The number of rotatable bonds is 2. The SMILES string of the molecule is COC(=O)c1c(C(F)(F)F)cnc(F)c1C(F)F. The summed E-state index contributed by atoms with van der Waals surface area (Å²) in [5, 5.41) is 0. The summed E-state index contributed by atoms with van der Waals surface area (Å²) >= 11 is 0. The van der Waals surface area contributed by atoms with Gasteiger partial charge in [0.2, 0.25) is 5.95 Å². The van der Waals surface area contributed by atoms with Gasteiger partial charge in [0.1, 0.15) is 0 Å². The van der Waals surface area contributed by atoms with Gasteiger partial charge in [-0.15, -0.1) is 0 Å². The Morgan fingerprint density at radius 2 is 1.94 bits per heavy atom. The number of nitrogens with zero attached hydrogens (tertiary/aromatic N) is 1. The van der Waals surface area contributed by atoms with Crippen LogP contribution < -0.4 is 0 Å². The second-order valence-corrected chi connectivity index (χ2v) is 3.04. The van der Waals surface area contributed by atoms with Crippen molar-refractivity contribution in [3.63, 3.8) is 0 Å². The van der Waals surface area contributed by atoms with E-state index in [0.29, 0.717) is 7.11 Å². The zero-order chi connectivity index (χ0) is 14.1. The number of ether oxygens (including phenoxy) is 1. The van der Waals surface area contributed by atoms with Crippen molar-refractivity contribution in [3.8, 4) is 0 Å². The average Bonchev–Trinajstić information content (AvgIpc) is 2.25. The van der Waals surface area contributed by atoms with Crippen LogP contribution in [0.25, 0.3) is 0 Å². The number of carbonyl (C=O) groups excluding carboxylic acids is 1.